The average Bonchev–Trinajstić information content (AvgIpc) is 2.20. The molecule has 1 N–H and O–H groups in total. The molecule has 0 fully saturated rings. The topological polar surface area (TPSA) is 55.8 Å². The molecule has 0 aromatic heterocycles. The van der Waals surface area contributed by atoms with Crippen LogP contribution in [0.2, 0.25) is 0 Å². The summed E-state index contributed by atoms with van der Waals surface area (Å²) in [6, 6.07) is 3.48. The molecule has 0 saturated heterocycles. The Hall–Kier alpha value is -1.71. The van der Waals surface area contributed by atoms with Crippen LogP contribution < -0.4 is 9.47 Å². The smallest absolute Gasteiger partial charge is 0.307 e. The van der Waals surface area contributed by atoms with Crippen molar-refractivity contribution >= 4 is 5.97 Å². The maximum absolute atomic E-state index is 10.7. The van der Waals surface area contributed by atoms with Crippen LogP contribution in [-0.2, 0) is 11.2 Å². The van der Waals surface area contributed by atoms with E-state index in [1.807, 2.05) is 6.92 Å². The van der Waals surface area contributed by atoms with Gasteiger partial charge in [-0.2, -0.15) is 0 Å². The van der Waals surface area contributed by atoms with E-state index in [1.54, 1.807) is 19.2 Å². The standard InChI is InChI=1S/C11H14O4/c1-7-8(6-11(12)13)10(15-3)5-4-9(7)14-2/h4-5H,6H2,1-3H3,(H,12,13). The van der Waals surface area contributed by atoms with Crippen LogP contribution in [0.4, 0.5) is 0 Å². The van der Waals surface area contributed by atoms with Gasteiger partial charge in [-0.15, -0.1) is 0 Å². The summed E-state index contributed by atoms with van der Waals surface area (Å²) in [6.07, 6.45) is -0.0633. The fourth-order valence-electron chi connectivity index (χ4n) is 1.49. The van der Waals surface area contributed by atoms with E-state index in [2.05, 4.69) is 0 Å². The first-order chi connectivity index (χ1) is 7.10. The summed E-state index contributed by atoms with van der Waals surface area (Å²) >= 11 is 0. The third-order valence-corrected chi connectivity index (χ3v) is 2.27. The van der Waals surface area contributed by atoms with Crippen molar-refractivity contribution in [3.05, 3.63) is 23.3 Å². The van der Waals surface area contributed by atoms with Crippen molar-refractivity contribution in [2.24, 2.45) is 0 Å². The lowest BCUT2D eigenvalue weighted by molar-refractivity contribution is -0.136. The number of carboxylic acids is 1. The Kier molecular flexibility index (Phi) is 3.55. The van der Waals surface area contributed by atoms with Gasteiger partial charge in [0.2, 0.25) is 0 Å². The van der Waals surface area contributed by atoms with E-state index in [4.69, 9.17) is 14.6 Å². The molecular weight excluding hydrogens is 196 g/mol. The molecule has 0 atom stereocenters. The summed E-state index contributed by atoms with van der Waals surface area (Å²) in [7, 11) is 3.08. The molecule has 0 unspecified atom stereocenters. The quantitative estimate of drug-likeness (QED) is 0.820. The highest BCUT2D eigenvalue weighted by Crippen LogP contribution is 2.29. The second kappa shape index (κ2) is 4.68. The molecule has 0 saturated carbocycles. The molecule has 0 aliphatic heterocycles. The normalized spacial score (nSPS) is 9.80. The Morgan fingerprint density at radius 1 is 1.27 bits per heavy atom. The van der Waals surface area contributed by atoms with Gasteiger partial charge in [0.25, 0.3) is 0 Å². The van der Waals surface area contributed by atoms with E-state index < -0.39 is 5.97 Å². The minimum atomic E-state index is -0.885. The van der Waals surface area contributed by atoms with Crippen molar-refractivity contribution in [1.29, 1.82) is 0 Å². The van der Waals surface area contributed by atoms with E-state index in [-0.39, 0.29) is 6.42 Å². The zero-order valence-corrected chi connectivity index (χ0v) is 9.03. The molecule has 0 amide bonds. The zero-order chi connectivity index (χ0) is 11.4. The van der Waals surface area contributed by atoms with E-state index >= 15 is 0 Å². The number of methoxy groups -OCH3 is 2. The van der Waals surface area contributed by atoms with Gasteiger partial charge in [-0.3, -0.25) is 4.79 Å². The molecule has 0 heterocycles. The number of hydrogen-bond donors (Lipinski definition) is 1. The Morgan fingerprint density at radius 2 is 1.80 bits per heavy atom. The predicted octanol–water partition coefficient (Wildman–Crippen LogP) is 1.64. The van der Waals surface area contributed by atoms with E-state index in [9.17, 15) is 4.79 Å². The monoisotopic (exact) mass is 210 g/mol. The Labute approximate surface area is 88.4 Å². The van der Waals surface area contributed by atoms with Crippen LogP contribution in [0.25, 0.3) is 0 Å². The number of benzene rings is 1. The zero-order valence-electron chi connectivity index (χ0n) is 9.03. The van der Waals surface area contributed by atoms with Gasteiger partial charge in [0.05, 0.1) is 20.6 Å². The summed E-state index contributed by atoms with van der Waals surface area (Å²) in [4.78, 5) is 10.7. The first-order valence-electron chi connectivity index (χ1n) is 4.52. The summed E-state index contributed by atoms with van der Waals surface area (Å²) in [5.74, 6) is 0.368. The van der Waals surface area contributed by atoms with Crippen LogP contribution in [-0.4, -0.2) is 25.3 Å². The third kappa shape index (κ3) is 2.40. The highest BCUT2D eigenvalue weighted by molar-refractivity contribution is 5.72. The van der Waals surface area contributed by atoms with Crippen molar-refractivity contribution in [2.45, 2.75) is 13.3 Å². The van der Waals surface area contributed by atoms with Gasteiger partial charge in [0, 0.05) is 5.56 Å². The maximum atomic E-state index is 10.7. The molecule has 1 aromatic carbocycles. The van der Waals surface area contributed by atoms with Crippen LogP contribution >= 0.6 is 0 Å². The molecule has 4 heteroatoms. The molecule has 0 bridgehead atoms. The molecular formula is C11H14O4. The summed E-state index contributed by atoms with van der Waals surface area (Å²) in [5, 5.41) is 8.78. The highest BCUT2D eigenvalue weighted by atomic mass is 16.5. The maximum Gasteiger partial charge on any atom is 0.307 e. The summed E-state index contributed by atoms with van der Waals surface area (Å²) in [6.45, 7) is 1.82. The molecule has 0 aliphatic rings. The predicted molar refractivity (Wildman–Crippen MR) is 55.6 cm³/mol. The van der Waals surface area contributed by atoms with Crippen molar-refractivity contribution in [3.8, 4) is 11.5 Å². The van der Waals surface area contributed by atoms with Crippen LogP contribution in [0.5, 0.6) is 11.5 Å². The van der Waals surface area contributed by atoms with Crippen molar-refractivity contribution < 1.29 is 19.4 Å². The molecule has 4 nitrogen and oxygen atoms in total. The van der Waals surface area contributed by atoms with Crippen LogP contribution in [0.3, 0.4) is 0 Å². The van der Waals surface area contributed by atoms with Gasteiger partial charge in [0.15, 0.2) is 0 Å². The van der Waals surface area contributed by atoms with Gasteiger partial charge in [-0.1, -0.05) is 0 Å². The van der Waals surface area contributed by atoms with Crippen LogP contribution in [0.15, 0.2) is 12.1 Å². The fourth-order valence-corrected chi connectivity index (χ4v) is 1.49. The lowest BCUT2D eigenvalue weighted by atomic mass is 10.0. The second-order valence-electron chi connectivity index (χ2n) is 3.14. The summed E-state index contributed by atoms with van der Waals surface area (Å²) < 4.78 is 10.2. The van der Waals surface area contributed by atoms with Crippen LogP contribution in [0.1, 0.15) is 11.1 Å². The first kappa shape index (κ1) is 11.4. The summed E-state index contributed by atoms with van der Waals surface area (Å²) in [5.41, 5.74) is 1.46. The van der Waals surface area contributed by atoms with E-state index in [1.165, 1.54) is 7.11 Å². The molecule has 1 rings (SSSR count). The van der Waals surface area contributed by atoms with Gasteiger partial charge in [0.1, 0.15) is 11.5 Å². The van der Waals surface area contributed by atoms with Gasteiger partial charge >= 0.3 is 5.97 Å². The van der Waals surface area contributed by atoms with Crippen molar-refractivity contribution in [2.75, 3.05) is 14.2 Å². The molecule has 0 radical (unpaired) electrons. The highest BCUT2D eigenvalue weighted by Gasteiger charge is 2.13. The van der Waals surface area contributed by atoms with Crippen LogP contribution in [0, 0.1) is 6.92 Å². The van der Waals surface area contributed by atoms with E-state index in [0.717, 1.165) is 5.56 Å². The van der Waals surface area contributed by atoms with Crippen molar-refractivity contribution in [3.63, 3.8) is 0 Å². The molecule has 1 aromatic rings. The number of ether oxygens (including phenoxy) is 2. The molecule has 82 valence electrons. The molecule has 0 aliphatic carbocycles. The van der Waals surface area contributed by atoms with E-state index in [0.29, 0.717) is 17.1 Å². The Morgan fingerprint density at radius 3 is 2.27 bits per heavy atom. The SMILES string of the molecule is COc1ccc(OC)c(CC(=O)O)c1C. The molecule has 15 heavy (non-hydrogen) atoms. The average molecular weight is 210 g/mol. The first-order valence-corrected chi connectivity index (χ1v) is 4.52. The molecule has 0 spiro atoms. The number of aliphatic carboxylic acids is 1. The number of carboxylic acid groups (broad SMARTS) is 1. The lowest BCUT2D eigenvalue weighted by Gasteiger charge is -2.13. The number of hydrogen-bond acceptors (Lipinski definition) is 3. The largest absolute Gasteiger partial charge is 0.496 e. The van der Waals surface area contributed by atoms with Gasteiger partial charge in [-0.25, -0.2) is 0 Å². The lowest BCUT2D eigenvalue weighted by Crippen LogP contribution is -2.05. The second-order valence-corrected chi connectivity index (χ2v) is 3.14. The number of rotatable bonds is 4. The number of carbonyl (C=O) groups is 1. The van der Waals surface area contributed by atoms with Gasteiger partial charge < -0.3 is 14.6 Å². The minimum Gasteiger partial charge on any atom is -0.496 e. The minimum absolute atomic E-state index is 0.0633. The fraction of sp³-hybridized carbons (Fsp3) is 0.364. The third-order valence-electron chi connectivity index (χ3n) is 2.27. The van der Waals surface area contributed by atoms with Gasteiger partial charge in [-0.05, 0) is 24.6 Å². The Bertz CT molecular complexity index is 371. The Balaban J connectivity index is 3.22. The van der Waals surface area contributed by atoms with Crippen molar-refractivity contribution in [1.82, 2.24) is 0 Å².